The van der Waals surface area contributed by atoms with Gasteiger partial charge in [-0.2, -0.15) is 0 Å². The number of hydrogen-bond donors (Lipinski definition) is 1. The van der Waals surface area contributed by atoms with Gasteiger partial charge in [0.05, 0.1) is 11.3 Å². The SMILES string of the molecule is O=C(O)c1ccc2c(C3CCCCC3)c3n(c2c1)CCN(CCN1CCC(F)(F)CC1)c1ccccc1-3. The first-order valence-electron chi connectivity index (χ1n) is 13.8. The minimum absolute atomic E-state index is 0.0578. The van der Waals surface area contributed by atoms with Gasteiger partial charge in [0.25, 0.3) is 5.92 Å². The van der Waals surface area contributed by atoms with Crippen LogP contribution in [0.25, 0.3) is 22.2 Å². The molecule has 2 aromatic carbocycles. The molecular formula is C30H35F2N3O2. The van der Waals surface area contributed by atoms with Gasteiger partial charge < -0.3 is 19.5 Å². The number of hydrogen-bond acceptors (Lipinski definition) is 3. The monoisotopic (exact) mass is 507 g/mol. The third kappa shape index (κ3) is 4.63. The lowest BCUT2D eigenvalue weighted by Crippen LogP contribution is -2.43. The van der Waals surface area contributed by atoms with Crippen LogP contribution in [0.15, 0.2) is 42.5 Å². The fourth-order valence-corrected chi connectivity index (χ4v) is 6.73. The first kappa shape index (κ1) is 24.4. The maximum absolute atomic E-state index is 13.7. The quantitative estimate of drug-likeness (QED) is 0.422. The van der Waals surface area contributed by atoms with Gasteiger partial charge in [-0.15, -0.1) is 0 Å². The van der Waals surface area contributed by atoms with Crippen molar-refractivity contribution >= 4 is 22.6 Å². The van der Waals surface area contributed by atoms with Gasteiger partial charge in [0.2, 0.25) is 0 Å². The van der Waals surface area contributed by atoms with Gasteiger partial charge >= 0.3 is 5.97 Å². The highest BCUT2D eigenvalue weighted by atomic mass is 19.3. The predicted octanol–water partition coefficient (Wildman–Crippen LogP) is 6.61. The molecular weight excluding hydrogens is 472 g/mol. The van der Waals surface area contributed by atoms with Gasteiger partial charge in [-0.05, 0) is 42.5 Å². The maximum atomic E-state index is 13.7. The molecule has 1 N–H and O–H groups in total. The van der Waals surface area contributed by atoms with E-state index >= 15 is 0 Å². The van der Waals surface area contributed by atoms with E-state index in [0.29, 0.717) is 24.6 Å². The third-order valence-corrected chi connectivity index (χ3v) is 8.73. The van der Waals surface area contributed by atoms with Crippen LogP contribution >= 0.6 is 0 Å². The number of aromatic nitrogens is 1. The number of para-hydroxylation sites is 1. The van der Waals surface area contributed by atoms with Crippen LogP contribution in [0.1, 0.15) is 66.8 Å². The summed E-state index contributed by atoms with van der Waals surface area (Å²) in [6, 6.07) is 14.2. The van der Waals surface area contributed by atoms with E-state index in [1.54, 1.807) is 6.07 Å². The summed E-state index contributed by atoms with van der Waals surface area (Å²) in [5, 5.41) is 10.9. The molecule has 0 radical (unpaired) electrons. The molecule has 1 aliphatic carbocycles. The smallest absolute Gasteiger partial charge is 0.335 e. The normalized spacial score (nSPS) is 20.4. The van der Waals surface area contributed by atoms with Gasteiger partial charge in [0.1, 0.15) is 0 Å². The zero-order chi connectivity index (χ0) is 25.6. The van der Waals surface area contributed by atoms with E-state index < -0.39 is 11.9 Å². The number of nitrogens with zero attached hydrogens (tertiary/aromatic N) is 3. The molecule has 196 valence electrons. The number of benzene rings is 2. The number of aromatic carboxylic acids is 1. The van der Waals surface area contributed by atoms with E-state index in [-0.39, 0.29) is 12.8 Å². The van der Waals surface area contributed by atoms with Crippen LogP contribution in [0.2, 0.25) is 0 Å². The molecule has 1 aromatic heterocycles. The van der Waals surface area contributed by atoms with Crippen LogP contribution in [-0.4, -0.2) is 59.2 Å². The number of carboxylic acid groups (broad SMARTS) is 1. The number of rotatable bonds is 5. The standard InChI is InChI=1S/C30H35F2N3O2/c31-30(32)12-14-33(15-13-30)16-17-34-18-19-35-26-20-22(29(36)37)10-11-23(26)27(21-6-2-1-3-7-21)28(35)24-8-4-5-9-25(24)34/h4-5,8-11,20-21H,1-3,6-7,12-19H2,(H,36,37). The van der Waals surface area contributed by atoms with Crippen LogP contribution in [0.4, 0.5) is 14.5 Å². The molecule has 0 unspecified atom stereocenters. The van der Waals surface area contributed by atoms with E-state index in [1.165, 1.54) is 47.2 Å². The van der Waals surface area contributed by atoms with Crippen molar-refractivity contribution in [1.82, 2.24) is 9.47 Å². The number of alkyl halides is 2. The van der Waals surface area contributed by atoms with Crippen molar-refractivity contribution in [1.29, 1.82) is 0 Å². The average molecular weight is 508 g/mol. The minimum atomic E-state index is -2.53. The second-order valence-electron chi connectivity index (χ2n) is 11.0. The molecule has 1 saturated heterocycles. The fraction of sp³-hybridized carbons (Fsp3) is 0.500. The number of carbonyl (C=O) groups is 1. The molecule has 0 atom stereocenters. The number of halogens is 2. The average Bonchev–Trinajstić information content (AvgIpc) is 3.14. The molecule has 0 spiro atoms. The van der Waals surface area contributed by atoms with Gasteiger partial charge in [-0.3, -0.25) is 0 Å². The number of piperidine rings is 1. The first-order chi connectivity index (χ1) is 17.9. The van der Waals surface area contributed by atoms with Crippen molar-refractivity contribution in [3.05, 3.63) is 53.6 Å². The topological polar surface area (TPSA) is 48.7 Å². The summed E-state index contributed by atoms with van der Waals surface area (Å²) in [6.07, 6.45) is 5.95. The zero-order valence-corrected chi connectivity index (χ0v) is 21.3. The van der Waals surface area contributed by atoms with Crippen LogP contribution < -0.4 is 4.90 Å². The van der Waals surface area contributed by atoms with Crippen molar-refractivity contribution in [2.24, 2.45) is 0 Å². The Bertz CT molecular complexity index is 1300. The minimum Gasteiger partial charge on any atom is -0.478 e. The predicted molar refractivity (Wildman–Crippen MR) is 143 cm³/mol. The Labute approximate surface area is 216 Å². The molecule has 3 heterocycles. The van der Waals surface area contributed by atoms with Crippen molar-refractivity contribution in [3.8, 4) is 11.3 Å². The summed E-state index contributed by atoms with van der Waals surface area (Å²) >= 11 is 0. The highest BCUT2D eigenvalue weighted by Gasteiger charge is 2.34. The summed E-state index contributed by atoms with van der Waals surface area (Å²) in [6.45, 7) is 3.98. The van der Waals surface area contributed by atoms with Gasteiger partial charge in [0.15, 0.2) is 0 Å². The van der Waals surface area contributed by atoms with E-state index in [9.17, 15) is 18.7 Å². The molecule has 0 bridgehead atoms. The third-order valence-electron chi connectivity index (χ3n) is 8.73. The second-order valence-corrected chi connectivity index (χ2v) is 11.0. The maximum Gasteiger partial charge on any atom is 0.335 e. The number of likely N-dealkylation sites (tertiary alicyclic amines) is 1. The van der Waals surface area contributed by atoms with Crippen LogP contribution in [0, 0.1) is 0 Å². The molecule has 2 aliphatic heterocycles. The van der Waals surface area contributed by atoms with E-state index in [0.717, 1.165) is 44.5 Å². The van der Waals surface area contributed by atoms with E-state index in [4.69, 9.17) is 0 Å². The summed E-state index contributed by atoms with van der Waals surface area (Å²) in [5.74, 6) is -2.96. The Balaban J connectivity index is 1.40. The lowest BCUT2D eigenvalue weighted by molar-refractivity contribution is -0.0545. The fourth-order valence-electron chi connectivity index (χ4n) is 6.73. The molecule has 1 saturated carbocycles. The number of carboxylic acids is 1. The molecule has 3 aromatic rings. The first-order valence-corrected chi connectivity index (χ1v) is 13.8. The molecule has 2 fully saturated rings. The zero-order valence-electron chi connectivity index (χ0n) is 21.3. The molecule has 6 rings (SSSR count). The van der Waals surface area contributed by atoms with Crippen molar-refractivity contribution in [2.45, 2.75) is 63.3 Å². The Hall–Kier alpha value is -2.93. The highest BCUT2D eigenvalue weighted by Crippen LogP contribution is 2.47. The lowest BCUT2D eigenvalue weighted by atomic mass is 9.81. The molecule has 7 heteroatoms. The van der Waals surface area contributed by atoms with Gasteiger partial charge in [-0.1, -0.05) is 43.5 Å². The summed E-state index contributed by atoms with van der Waals surface area (Å²) in [7, 11) is 0. The summed E-state index contributed by atoms with van der Waals surface area (Å²) in [4.78, 5) is 16.4. The Kier molecular flexibility index (Phi) is 6.43. The summed E-state index contributed by atoms with van der Waals surface area (Å²) in [5.41, 5.74) is 6.31. The van der Waals surface area contributed by atoms with Crippen molar-refractivity contribution < 1.29 is 18.7 Å². The van der Waals surface area contributed by atoms with E-state index in [1.807, 2.05) is 12.1 Å². The van der Waals surface area contributed by atoms with Gasteiger partial charge in [0, 0.05) is 74.3 Å². The Morgan fingerprint density at radius 3 is 2.46 bits per heavy atom. The second kappa shape index (κ2) is 9.75. The molecule has 0 amide bonds. The van der Waals surface area contributed by atoms with Crippen LogP contribution in [-0.2, 0) is 6.54 Å². The molecule has 37 heavy (non-hydrogen) atoms. The number of fused-ring (bicyclic) bond motifs is 5. The molecule has 3 aliphatic rings. The highest BCUT2D eigenvalue weighted by molar-refractivity contribution is 5.99. The van der Waals surface area contributed by atoms with Gasteiger partial charge in [-0.25, -0.2) is 13.6 Å². The van der Waals surface area contributed by atoms with Crippen molar-refractivity contribution in [3.63, 3.8) is 0 Å². The van der Waals surface area contributed by atoms with Crippen LogP contribution in [0.5, 0.6) is 0 Å². The van der Waals surface area contributed by atoms with Crippen molar-refractivity contribution in [2.75, 3.05) is 37.6 Å². The van der Waals surface area contributed by atoms with E-state index in [2.05, 4.69) is 38.6 Å². The van der Waals surface area contributed by atoms with Crippen LogP contribution in [0.3, 0.4) is 0 Å². The Morgan fingerprint density at radius 1 is 0.946 bits per heavy atom. The Morgan fingerprint density at radius 2 is 1.70 bits per heavy atom. The summed E-state index contributed by atoms with van der Waals surface area (Å²) < 4.78 is 29.7. The molecule has 5 nitrogen and oxygen atoms in total. The number of anilines is 1. The lowest BCUT2D eigenvalue weighted by Gasteiger charge is -2.34. The largest absolute Gasteiger partial charge is 0.478 e.